The Balaban J connectivity index is 1.57. The van der Waals surface area contributed by atoms with Crippen molar-refractivity contribution in [3.63, 3.8) is 0 Å². The molecule has 0 spiro atoms. The van der Waals surface area contributed by atoms with Gasteiger partial charge in [-0.25, -0.2) is 0 Å². The number of ether oxygens (including phenoxy) is 1. The van der Waals surface area contributed by atoms with E-state index in [1.807, 2.05) is 30.3 Å². The molecular weight excluding hydrogens is 342 g/mol. The van der Waals surface area contributed by atoms with Crippen LogP contribution >= 0.6 is 11.6 Å². The summed E-state index contributed by atoms with van der Waals surface area (Å²) in [5, 5.41) is 4.39. The molecule has 1 aromatic heterocycles. The lowest BCUT2D eigenvalue weighted by Crippen LogP contribution is -2.31. The second-order valence-corrected chi connectivity index (χ2v) is 5.75. The van der Waals surface area contributed by atoms with Crippen molar-refractivity contribution in [2.75, 3.05) is 13.7 Å². The quantitative estimate of drug-likeness (QED) is 0.676. The molecule has 6 nitrogen and oxygen atoms in total. The summed E-state index contributed by atoms with van der Waals surface area (Å²) in [5.41, 5.74) is 0.855. The molecule has 0 aliphatic rings. The number of amides is 1. The monoisotopic (exact) mass is 357 g/mol. The van der Waals surface area contributed by atoms with Gasteiger partial charge < -0.3 is 14.2 Å². The highest BCUT2D eigenvalue weighted by molar-refractivity contribution is 6.32. The molecule has 0 radical (unpaired) electrons. The van der Waals surface area contributed by atoms with Gasteiger partial charge in [-0.2, -0.15) is 4.98 Å². The van der Waals surface area contributed by atoms with E-state index >= 15 is 0 Å². The Morgan fingerprint density at radius 3 is 2.64 bits per heavy atom. The Labute approximate surface area is 150 Å². The molecule has 0 N–H and O–H groups in total. The number of benzene rings is 2. The molecule has 0 bridgehead atoms. The van der Waals surface area contributed by atoms with E-state index in [2.05, 4.69) is 10.1 Å². The Bertz CT molecular complexity index is 852. The van der Waals surface area contributed by atoms with E-state index in [0.29, 0.717) is 22.5 Å². The van der Waals surface area contributed by atoms with Crippen molar-refractivity contribution in [3.05, 3.63) is 65.5 Å². The summed E-state index contributed by atoms with van der Waals surface area (Å²) in [7, 11) is 1.64. The largest absolute Gasteiger partial charge is 0.482 e. The minimum absolute atomic E-state index is 0.125. The van der Waals surface area contributed by atoms with E-state index in [-0.39, 0.29) is 19.1 Å². The molecule has 0 aliphatic heterocycles. The van der Waals surface area contributed by atoms with Crippen LogP contribution in [-0.2, 0) is 11.3 Å². The van der Waals surface area contributed by atoms with Crippen LogP contribution in [0.25, 0.3) is 11.4 Å². The molecule has 0 saturated carbocycles. The first-order valence-corrected chi connectivity index (χ1v) is 8.00. The number of para-hydroxylation sites is 1. The third kappa shape index (κ3) is 4.36. The number of carbonyl (C=O) groups is 1. The zero-order valence-electron chi connectivity index (χ0n) is 13.6. The number of rotatable bonds is 6. The Kier molecular flexibility index (Phi) is 5.30. The zero-order chi connectivity index (χ0) is 17.6. The maximum absolute atomic E-state index is 12.2. The average Bonchev–Trinajstić information content (AvgIpc) is 3.10. The molecule has 3 rings (SSSR count). The number of nitrogens with zero attached hydrogens (tertiary/aromatic N) is 3. The lowest BCUT2D eigenvalue weighted by Gasteiger charge is -2.15. The van der Waals surface area contributed by atoms with E-state index in [1.165, 1.54) is 4.90 Å². The molecule has 1 heterocycles. The summed E-state index contributed by atoms with van der Waals surface area (Å²) in [6, 6.07) is 16.5. The molecular formula is C18H16ClN3O3. The maximum Gasteiger partial charge on any atom is 0.260 e. The Hall–Kier alpha value is -2.86. The second-order valence-electron chi connectivity index (χ2n) is 5.35. The Morgan fingerprint density at radius 1 is 1.16 bits per heavy atom. The van der Waals surface area contributed by atoms with Crippen LogP contribution in [0.5, 0.6) is 5.75 Å². The van der Waals surface area contributed by atoms with Crippen LogP contribution in [-0.4, -0.2) is 34.6 Å². The predicted octanol–water partition coefficient (Wildman–Crippen LogP) is 3.43. The molecule has 7 heteroatoms. The van der Waals surface area contributed by atoms with Crippen LogP contribution in [0.4, 0.5) is 0 Å². The van der Waals surface area contributed by atoms with Gasteiger partial charge in [0.15, 0.2) is 6.61 Å². The first-order valence-electron chi connectivity index (χ1n) is 7.63. The van der Waals surface area contributed by atoms with E-state index < -0.39 is 0 Å². The van der Waals surface area contributed by atoms with Gasteiger partial charge >= 0.3 is 0 Å². The summed E-state index contributed by atoms with van der Waals surface area (Å²) in [4.78, 5) is 17.9. The predicted molar refractivity (Wildman–Crippen MR) is 93.2 cm³/mol. The SMILES string of the molecule is CN(Cc1nc(-c2ccccc2)no1)C(=O)COc1ccccc1Cl. The molecule has 3 aromatic rings. The van der Waals surface area contributed by atoms with Gasteiger partial charge in [0.1, 0.15) is 5.75 Å². The molecule has 0 aliphatic carbocycles. The van der Waals surface area contributed by atoms with Crippen molar-refractivity contribution in [1.82, 2.24) is 15.0 Å². The minimum Gasteiger partial charge on any atom is -0.482 e. The van der Waals surface area contributed by atoms with Gasteiger partial charge in [0.2, 0.25) is 11.7 Å². The first-order chi connectivity index (χ1) is 12.1. The molecule has 128 valence electrons. The van der Waals surface area contributed by atoms with Crippen LogP contribution in [0.2, 0.25) is 5.02 Å². The lowest BCUT2D eigenvalue weighted by molar-refractivity contribution is -0.132. The van der Waals surface area contributed by atoms with Crippen LogP contribution in [0.1, 0.15) is 5.89 Å². The standard InChI is InChI=1S/C18H16ClN3O3/c1-22(17(23)12-24-15-10-6-5-9-14(15)19)11-16-20-18(21-25-16)13-7-3-2-4-8-13/h2-10H,11-12H2,1H3. The number of aromatic nitrogens is 2. The van der Waals surface area contributed by atoms with Gasteiger partial charge in [0.25, 0.3) is 5.91 Å². The number of likely N-dealkylation sites (N-methyl/N-ethyl adjacent to an activating group) is 1. The summed E-state index contributed by atoms with van der Waals surface area (Å²) < 4.78 is 10.6. The van der Waals surface area contributed by atoms with E-state index in [9.17, 15) is 4.79 Å². The van der Waals surface area contributed by atoms with E-state index in [4.69, 9.17) is 20.9 Å². The third-order valence-corrected chi connectivity index (χ3v) is 3.80. The fourth-order valence-corrected chi connectivity index (χ4v) is 2.32. The van der Waals surface area contributed by atoms with Gasteiger partial charge in [-0.05, 0) is 12.1 Å². The van der Waals surface area contributed by atoms with Gasteiger partial charge in [0, 0.05) is 12.6 Å². The van der Waals surface area contributed by atoms with Gasteiger partial charge in [-0.1, -0.05) is 59.2 Å². The number of hydrogen-bond donors (Lipinski definition) is 0. The topological polar surface area (TPSA) is 68.5 Å². The molecule has 2 aromatic carbocycles. The fraction of sp³-hybridized carbons (Fsp3) is 0.167. The summed E-state index contributed by atoms with van der Waals surface area (Å²) >= 11 is 5.99. The number of carbonyl (C=O) groups excluding carboxylic acids is 1. The van der Waals surface area contributed by atoms with Crippen LogP contribution in [0.15, 0.2) is 59.1 Å². The van der Waals surface area contributed by atoms with Crippen molar-refractivity contribution in [2.45, 2.75) is 6.54 Å². The molecule has 0 saturated heterocycles. The Morgan fingerprint density at radius 2 is 1.88 bits per heavy atom. The molecule has 0 atom stereocenters. The minimum atomic E-state index is -0.223. The molecule has 0 fully saturated rings. The maximum atomic E-state index is 12.2. The zero-order valence-corrected chi connectivity index (χ0v) is 14.3. The van der Waals surface area contributed by atoms with E-state index in [0.717, 1.165) is 5.56 Å². The second kappa shape index (κ2) is 7.81. The number of hydrogen-bond acceptors (Lipinski definition) is 5. The summed E-state index contributed by atoms with van der Waals surface area (Å²) in [5.74, 6) is 1.09. The lowest BCUT2D eigenvalue weighted by atomic mass is 10.2. The summed E-state index contributed by atoms with van der Waals surface area (Å²) in [6.07, 6.45) is 0. The van der Waals surface area contributed by atoms with Crippen molar-refractivity contribution < 1.29 is 14.1 Å². The summed E-state index contributed by atoms with van der Waals surface area (Å²) in [6.45, 7) is 0.0739. The van der Waals surface area contributed by atoms with E-state index in [1.54, 1.807) is 31.3 Å². The fourth-order valence-electron chi connectivity index (χ4n) is 2.13. The van der Waals surface area contributed by atoms with Crippen LogP contribution in [0, 0.1) is 0 Å². The van der Waals surface area contributed by atoms with Crippen molar-refractivity contribution >= 4 is 17.5 Å². The number of halogens is 1. The molecule has 25 heavy (non-hydrogen) atoms. The highest BCUT2D eigenvalue weighted by atomic mass is 35.5. The van der Waals surface area contributed by atoms with Gasteiger partial charge in [-0.3, -0.25) is 4.79 Å². The molecule has 1 amide bonds. The van der Waals surface area contributed by atoms with Gasteiger partial charge in [0.05, 0.1) is 11.6 Å². The highest BCUT2D eigenvalue weighted by Crippen LogP contribution is 2.23. The third-order valence-electron chi connectivity index (χ3n) is 3.49. The molecule has 0 unspecified atom stereocenters. The average molecular weight is 358 g/mol. The van der Waals surface area contributed by atoms with Crippen LogP contribution < -0.4 is 4.74 Å². The first kappa shape index (κ1) is 17.0. The highest BCUT2D eigenvalue weighted by Gasteiger charge is 2.15. The van der Waals surface area contributed by atoms with Crippen molar-refractivity contribution in [3.8, 4) is 17.1 Å². The van der Waals surface area contributed by atoms with Crippen molar-refractivity contribution in [1.29, 1.82) is 0 Å². The van der Waals surface area contributed by atoms with Gasteiger partial charge in [-0.15, -0.1) is 0 Å². The van der Waals surface area contributed by atoms with Crippen LogP contribution in [0.3, 0.4) is 0 Å². The van der Waals surface area contributed by atoms with Crippen molar-refractivity contribution in [2.24, 2.45) is 0 Å². The smallest absolute Gasteiger partial charge is 0.260 e. The normalized spacial score (nSPS) is 10.5.